The molecule has 0 amide bonds. The number of aromatic nitrogens is 3. The molecule has 3 N–H and O–H groups in total. The van der Waals surface area contributed by atoms with Crippen molar-refractivity contribution in [2.75, 3.05) is 38.2 Å². The highest BCUT2D eigenvalue weighted by Gasteiger charge is 2.20. The van der Waals surface area contributed by atoms with Crippen LogP contribution in [0.4, 0.5) is 11.5 Å². The second kappa shape index (κ2) is 10.5. The van der Waals surface area contributed by atoms with Crippen LogP contribution in [0.25, 0.3) is 34.0 Å². The summed E-state index contributed by atoms with van der Waals surface area (Å²) in [5.41, 5.74) is 10.3. The van der Waals surface area contributed by atoms with Gasteiger partial charge in [-0.3, -0.25) is 0 Å². The molecule has 9 nitrogen and oxygen atoms in total. The molecule has 0 aliphatic carbocycles. The Kier molecular flexibility index (Phi) is 7.37. The first kappa shape index (κ1) is 25.3. The molecule has 4 aromatic rings. The van der Waals surface area contributed by atoms with Crippen LogP contribution in [0.2, 0.25) is 0 Å². The van der Waals surface area contributed by atoms with Gasteiger partial charge in [0.2, 0.25) is 0 Å². The molecule has 0 fully saturated rings. The average molecular weight is 507 g/mol. The zero-order valence-electron chi connectivity index (χ0n) is 20.8. The number of anilines is 2. The van der Waals surface area contributed by atoms with E-state index in [9.17, 15) is 8.42 Å². The summed E-state index contributed by atoms with van der Waals surface area (Å²) in [4.78, 5) is 11.3. The molecule has 0 aliphatic rings. The standard InChI is InChI=1S/C26H30N6O3S/c1-17(2)36(33,34)21-11-7-19(8-12-21)23-16-29-26(27)25(30-23)24-15-22(31-35-24)18-5-9-20(10-6-18)28-13-14-32(3)4/h5-12,15-17,28H,13-14H2,1-4H3,(H2,27,29). The molecule has 0 aliphatic heterocycles. The van der Waals surface area contributed by atoms with Crippen LogP contribution >= 0.6 is 0 Å². The van der Waals surface area contributed by atoms with E-state index in [-0.39, 0.29) is 10.7 Å². The Bertz CT molecular complexity index is 1430. The van der Waals surface area contributed by atoms with Crippen molar-refractivity contribution < 1.29 is 12.9 Å². The van der Waals surface area contributed by atoms with Crippen LogP contribution in [0.5, 0.6) is 0 Å². The predicted octanol–water partition coefficient (Wildman–Crippen LogP) is 4.20. The van der Waals surface area contributed by atoms with Gasteiger partial charge in [-0.15, -0.1) is 0 Å². The summed E-state index contributed by atoms with van der Waals surface area (Å²) in [5, 5.41) is 7.06. The van der Waals surface area contributed by atoms with Crippen LogP contribution in [0.1, 0.15) is 13.8 Å². The lowest BCUT2D eigenvalue weighted by molar-refractivity contribution is 0.425. The Balaban J connectivity index is 1.55. The fourth-order valence-corrected chi connectivity index (χ4v) is 4.57. The van der Waals surface area contributed by atoms with Crippen molar-refractivity contribution >= 4 is 21.3 Å². The number of benzene rings is 2. The van der Waals surface area contributed by atoms with E-state index < -0.39 is 15.1 Å². The minimum absolute atomic E-state index is 0.209. The molecule has 10 heteroatoms. The molecule has 2 heterocycles. The largest absolute Gasteiger partial charge is 0.384 e. The van der Waals surface area contributed by atoms with Gasteiger partial charge in [0, 0.05) is 36.0 Å². The zero-order chi connectivity index (χ0) is 25.9. The lowest BCUT2D eigenvalue weighted by Gasteiger charge is -2.11. The first-order valence-corrected chi connectivity index (χ1v) is 13.1. The van der Waals surface area contributed by atoms with E-state index in [1.54, 1.807) is 50.4 Å². The van der Waals surface area contributed by atoms with E-state index in [0.717, 1.165) is 24.3 Å². The zero-order valence-corrected chi connectivity index (χ0v) is 21.6. The molecule has 4 rings (SSSR count). The van der Waals surface area contributed by atoms with Crippen molar-refractivity contribution in [2.45, 2.75) is 24.0 Å². The molecule has 0 unspecified atom stereocenters. The number of likely N-dealkylation sites (N-methyl/N-ethyl adjacent to an activating group) is 1. The molecule has 0 saturated heterocycles. The van der Waals surface area contributed by atoms with Crippen molar-refractivity contribution in [1.82, 2.24) is 20.0 Å². The summed E-state index contributed by atoms with van der Waals surface area (Å²) in [6.07, 6.45) is 1.55. The molecular formula is C26H30N6O3S. The summed E-state index contributed by atoms with van der Waals surface area (Å²) in [5.74, 6) is 0.602. The van der Waals surface area contributed by atoms with Crippen LogP contribution in [0.15, 0.2) is 70.2 Å². The third-order valence-corrected chi connectivity index (χ3v) is 7.88. The minimum atomic E-state index is -3.35. The number of hydrogen-bond acceptors (Lipinski definition) is 9. The fourth-order valence-electron chi connectivity index (χ4n) is 3.51. The van der Waals surface area contributed by atoms with Crippen LogP contribution in [-0.4, -0.2) is 60.9 Å². The number of nitrogen functional groups attached to an aromatic ring is 1. The molecule has 0 spiro atoms. The lowest BCUT2D eigenvalue weighted by Crippen LogP contribution is -2.20. The summed E-state index contributed by atoms with van der Waals surface area (Å²) in [6.45, 7) is 5.11. The number of nitrogens with zero attached hydrogens (tertiary/aromatic N) is 4. The molecule has 36 heavy (non-hydrogen) atoms. The monoisotopic (exact) mass is 506 g/mol. The van der Waals surface area contributed by atoms with E-state index in [0.29, 0.717) is 28.4 Å². The maximum absolute atomic E-state index is 12.4. The Morgan fingerprint density at radius 1 is 1.00 bits per heavy atom. The maximum atomic E-state index is 12.4. The Hall–Kier alpha value is -3.76. The third-order valence-electron chi connectivity index (χ3n) is 5.71. The summed E-state index contributed by atoms with van der Waals surface area (Å²) in [7, 11) is 0.722. The van der Waals surface area contributed by atoms with Gasteiger partial charge < -0.3 is 20.5 Å². The van der Waals surface area contributed by atoms with Crippen LogP contribution in [-0.2, 0) is 9.84 Å². The van der Waals surface area contributed by atoms with Gasteiger partial charge >= 0.3 is 0 Å². The van der Waals surface area contributed by atoms with E-state index in [1.165, 1.54) is 0 Å². The van der Waals surface area contributed by atoms with Gasteiger partial charge in [-0.25, -0.2) is 18.4 Å². The fraction of sp³-hybridized carbons (Fsp3) is 0.269. The van der Waals surface area contributed by atoms with E-state index in [1.807, 2.05) is 38.4 Å². The number of nitrogens with one attached hydrogen (secondary N) is 1. The topological polar surface area (TPSA) is 127 Å². The quantitative estimate of drug-likeness (QED) is 0.343. The van der Waals surface area contributed by atoms with Crippen molar-refractivity contribution in [1.29, 1.82) is 0 Å². The second-order valence-electron chi connectivity index (χ2n) is 8.99. The van der Waals surface area contributed by atoms with Crippen molar-refractivity contribution in [2.24, 2.45) is 0 Å². The Morgan fingerprint density at radius 2 is 1.64 bits per heavy atom. The smallest absolute Gasteiger partial charge is 0.189 e. The lowest BCUT2D eigenvalue weighted by atomic mass is 10.1. The molecule has 0 saturated carbocycles. The third kappa shape index (κ3) is 5.55. The number of nitrogens with two attached hydrogens (primary N) is 1. The number of rotatable bonds is 9. The van der Waals surface area contributed by atoms with Gasteiger partial charge in [0.15, 0.2) is 27.1 Å². The molecule has 0 bridgehead atoms. The van der Waals surface area contributed by atoms with E-state index in [4.69, 9.17) is 10.3 Å². The first-order chi connectivity index (χ1) is 17.1. The van der Waals surface area contributed by atoms with Crippen LogP contribution in [0.3, 0.4) is 0 Å². The summed E-state index contributed by atoms with van der Waals surface area (Å²) in [6, 6.07) is 16.3. The normalized spacial score (nSPS) is 11.8. The van der Waals surface area contributed by atoms with Crippen LogP contribution in [0, 0.1) is 0 Å². The SMILES string of the molecule is CC(C)S(=O)(=O)c1ccc(-c2cnc(N)c(-c3cc(-c4ccc(NCCN(C)C)cc4)no3)n2)cc1. The predicted molar refractivity (Wildman–Crippen MR) is 142 cm³/mol. The second-order valence-corrected chi connectivity index (χ2v) is 11.5. The average Bonchev–Trinajstić information content (AvgIpc) is 3.34. The maximum Gasteiger partial charge on any atom is 0.189 e. The van der Waals surface area contributed by atoms with Crippen molar-refractivity contribution in [3.8, 4) is 34.0 Å². The van der Waals surface area contributed by atoms with E-state index in [2.05, 4.69) is 25.3 Å². The van der Waals surface area contributed by atoms with Gasteiger partial charge in [0.05, 0.1) is 22.0 Å². The van der Waals surface area contributed by atoms with Gasteiger partial charge in [-0.1, -0.05) is 29.4 Å². The first-order valence-electron chi connectivity index (χ1n) is 11.6. The number of hydrogen-bond donors (Lipinski definition) is 2. The molecule has 2 aromatic carbocycles. The van der Waals surface area contributed by atoms with Gasteiger partial charge in [0.1, 0.15) is 5.69 Å². The summed E-state index contributed by atoms with van der Waals surface area (Å²) >= 11 is 0. The Morgan fingerprint density at radius 3 is 2.28 bits per heavy atom. The van der Waals surface area contributed by atoms with Gasteiger partial charge in [0.25, 0.3) is 0 Å². The molecular weight excluding hydrogens is 476 g/mol. The highest BCUT2D eigenvalue weighted by Crippen LogP contribution is 2.30. The Labute approximate surface area is 211 Å². The number of sulfone groups is 1. The molecule has 188 valence electrons. The van der Waals surface area contributed by atoms with Gasteiger partial charge in [-0.2, -0.15) is 0 Å². The van der Waals surface area contributed by atoms with Gasteiger partial charge in [-0.05, 0) is 52.2 Å². The van der Waals surface area contributed by atoms with E-state index >= 15 is 0 Å². The molecule has 0 atom stereocenters. The highest BCUT2D eigenvalue weighted by molar-refractivity contribution is 7.92. The van der Waals surface area contributed by atoms with Crippen molar-refractivity contribution in [3.05, 3.63) is 60.8 Å². The molecule has 0 radical (unpaired) electrons. The highest BCUT2D eigenvalue weighted by atomic mass is 32.2. The minimum Gasteiger partial charge on any atom is -0.384 e. The van der Waals surface area contributed by atoms with Crippen molar-refractivity contribution in [3.63, 3.8) is 0 Å². The summed E-state index contributed by atoms with van der Waals surface area (Å²) < 4.78 is 30.4. The van der Waals surface area contributed by atoms with Crippen LogP contribution < -0.4 is 11.1 Å². The molecule has 2 aromatic heterocycles.